The Kier molecular flexibility index (Phi) is 5.01. The minimum Gasteiger partial charge on any atom is -0.496 e. The van der Waals surface area contributed by atoms with Crippen LogP contribution in [0.1, 0.15) is 18.1 Å². The van der Waals surface area contributed by atoms with Gasteiger partial charge in [0.25, 0.3) is 0 Å². The third-order valence-electron chi connectivity index (χ3n) is 3.95. The first-order valence-electron chi connectivity index (χ1n) is 7.27. The first kappa shape index (κ1) is 14.9. The molecule has 1 aromatic carbocycles. The number of benzene rings is 1. The van der Waals surface area contributed by atoms with Crippen molar-refractivity contribution in [2.45, 2.75) is 20.3 Å². The van der Waals surface area contributed by atoms with Gasteiger partial charge in [-0.15, -0.1) is 0 Å². The predicted octanol–water partition coefficient (Wildman–Crippen LogP) is 1.71. The van der Waals surface area contributed by atoms with Gasteiger partial charge >= 0.3 is 0 Å². The number of likely N-dealkylation sites (N-methyl/N-ethyl adjacent to an activating group) is 1. The van der Waals surface area contributed by atoms with E-state index in [4.69, 9.17) is 4.74 Å². The van der Waals surface area contributed by atoms with Crippen LogP contribution in [0.15, 0.2) is 18.2 Å². The summed E-state index contributed by atoms with van der Waals surface area (Å²) in [6, 6.07) is 5.98. The zero-order valence-electron chi connectivity index (χ0n) is 12.7. The number of methoxy groups -OCH3 is 1. The van der Waals surface area contributed by atoms with Crippen LogP contribution < -0.4 is 4.74 Å². The van der Waals surface area contributed by atoms with Gasteiger partial charge < -0.3 is 14.5 Å². The molecular weight excluding hydrogens is 252 g/mol. The number of hydrogen-bond acceptors (Lipinski definition) is 3. The largest absolute Gasteiger partial charge is 0.496 e. The zero-order chi connectivity index (χ0) is 14.5. The van der Waals surface area contributed by atoms with Crippen LogP contribution in [0.3, 0.4) is 0 Å². The lowest BCUT2D eigenvalue weighted by molar-refractivity contribution is -0.132. The molecule has 1 aliphatic heterocycles. The molecule has 110 valence electrons. The SMILES string of the molecule is CCN1CCN(C(=O)Cc2cc(C)ccc2OC)CC1. The number of hydrogen-bond donors (Lipinski definition) is 0. The van der Waals surface area contributed by atoms with Crippen molar-refractivity contribution < 1.29 is 9.53 Å². The Balaban J connectivity index is 1.99. The summed E-state index contributed by atoms with van der Waals surface area (Å²) in [5, 5.41) is 0. The Morgan fingerprint density at radius 3 is 2.55 bits per heavy atom. The summed E-state index contributed by atoms with van der Waals surface area (Å²) in [6.07, 6.45) is 0.428. The molecule has 0 atom stereocenters. The Bertz CT molecular complexity index is 466. The maximum Gasteiger partial charge on any atom is 0.227 e. The molecule has 0 spiro atoms. The van der Waals surface area contributed by atoms with E-state index < -0.39 is 0 Å². The average molecular weight is 276 g/mol. The Labute approximate surface area is 121 Å². The Morgan fingerprint density at radius 2 is 1.95 bits per heavy atom. The van der Waals surface area contributed by atoms with Crippen LogP contribution in [0.5, 0.6) is 5.75 Å². The molecule has 2 rings (SSSR count). The molecule has 1 heterocycles. The average Bonchev–Trinajstić information content (AvgIpc) is 2.47. The van der Waals surface area contributed by atoms with E-state index in [9.17, 15) is 4.79 Å². The summed E-state index contributed by atoms with van der Waals surface area (Å²) in [4.78, 5) is 16.7. The summed E-state index contributed by atoms with van der Waals surface area (Å²) in [6.45, 7) is 8.89. The summed E-state index contributed by atoms with van der Waals surface area (Å²) in [7, 11) is 1.65. The molecule has 0 unspecified atom stereocenters. The fraction of sp³-hybridized carbons (Fsp3) is 0.562. The minimum atomic E-state index is 0.199. The first-order chi connectivity index (χ1) is 9.63. The molecule has 0 radical (unpaired) electrons. The van der Waals surface area contributed by atoms with Crippen molar-refractivity contribution in [3.63, 3.8) is 0 Å². The van der Waals surface area contributed by atoms with E-state index in [1.807, 2.05) is 30.0 Å². The van der Waals surface area contributed by atoms with Crippen molar-refractivity contribution in [3.05, 3.63) is 29.3 Å². The molecule has 1 amide bonds. The van der Waals surface area contributed by atoms with Crippen LogP contribution in [-0.2, 0) is 11.2 Å². The standard InChI is InChI=1S/C16H24N2O2/c1-4-17-7-9-18(10-8-17)16(19)12-14-11-13(2)5-6-15(14)20-3/h5-6,11H,4,7-10,12H2,1-3H3. The molecular formula is C16H24N2O2. The summed E-state index contributed by atoms with van der Waals surface area (Å²) < 4.78 is 5.34. The number of ether oxygens (including phenoxy) is 1. The third kappa shape index (κ3) is 3.51. The van der Waals surface area contributed by atoms with Crippen molar-refractivity contribution in [1.29, 1.82) is 0 Å². The third-order valence-corrected chi connectivity index (χ3v) is 3.95. The van der Waals surface area contributed by atoms with Gasteiger partial charge in [-0.1, -0.05) is 24.6 Å². The molecule has 4 nitrogen and oxygen atoms in total. The first-order valence-corrected chi connectivity index (χ1v) is 7.27. The molecule has 1 fully saturated rings. The van der Waals surface area contributed by atoms with Crippen LogP contribution in [-0.4, -0.2) is 55.5 Å². The van der Waals surface area contributed by atoms with E-state index in [0.29, 0.717) is 6.42 Å². The van der Waals surface area contributed by atoms with Crippen molar-refractivity contribution in [3.8, 4) is 5.75 Å². The van der Waals surface area contributed by atoms with Crippen LogP contribution in [0, 0.1) is 6.92 Å². The quantitative estimate of drug-likeness (QED) is 0.839. The van der Waals surface area contributed by atoms with Gasteiger partial charge in [-0.2, -0.15) is 0 Å². The second-order valence-corrected chi connectivity index (χ2v) is 5.31. The fourth-order valence-corrected chi connectivity index (χ4v) is 2.63. The maximum atomic E-state index is 12.4. The lowest BCUT2D eigenvalue weighted by Crippen LogP contribution is -2.48. The lowest BCUT2D eigenvalue weighted by Gasteiger charge is -2.34. The van der Waals surface area contributed by atoms with Crippen LogP contribution in [0.4, 0.5) is 0 Å². The molecule has 0 saturated carbocycles. The second kappa shape index (κ2) is 6.75. The number of carbonyl (C=O) groups excluding carboxylic acids is 1. The Hall–Kier alpha value is -1.55. The van der Waals surface area contributed by atoms with Crippen molar-refractivity contribution >= 4 is 5.91 Å². The van der Waals surface area contributed by atoms with Crippen molar-refractivity contribution in [1.82, 2.24) is 9.80 Å². The van der Waals surface area contributed by atoms with E-state index in [1.54, 1.807) is 7.11 Å². The molecule has 0 N–H and O–H groups in total. The van der Waals surface area contributed by atoms with E-state index in [2.05, 4.69) is 11.8 Å². The normalized spacial score (nSPS) is 16.2. The highest BCUT2D eigenvalue weighted by Gasteiger charge is 2.21. The summed E-state index contributed by atoms with van der Waals surface area (Å²) in [5.74, 6) is 1.00. The number of nitrogens with zero attached hydrogens (tertiary/aromatic N) is 2. The number of amides is 1. The van der Waals surface area contributed by atoms with Gasteiger partial charge in [0.2, 0.25) is 5.91 Å². The Morgan fingerprint density at radius 1 is 1.25 bits per heavy atom. The molecule has 0 aliphatic carbocycles. The number of piperazine rings is 1. The van der Waals surface area contributed by atoms with Gasteiger partial charge in [-0.05, 0) is 19.5 Å². The molecule has 4 heteroatoms. The molecule has 1 aromatic rings. The van der Waals surface area contributed by atoms with Gasteiger partial charge in [-0.3, -0.25) is 4.79 Å². The zero-order valence-corrected chi connectivity index (χ0v) is 12.7. The van der Waals surface area contributed by atoms with E-state index in [-0.39, 0.29) is 5.91 Å². The van der Waals surface area contributed by atoms with Gasteiger partial charge in [0.1, 0.15) is 5.75 Å². The van der Waals surface area contributed by atoms with E-state index in [1.165, 1.54) is 0 Å². The highest BCUT2D eigenvalue weighted by molar-refractivity contribution is 5.79. The van der Waals surface area contributed by atoms with Gasteiger partial charge in [0.15, 0.2) is 0 Å². The van der Waals surface area contributed by atoms with Crippen LogP contribution in [0.2, 0.25) is 0 Å². The minimum absolute atomic E-state index is 0.199. The maximum absolute atomic E-state index is 12.4. The topological polar surface area (TPSA) is 32.8 Å². The lowest BCUT2D eigenvalue weighted by atomic mass is 10.1. The van der Waals surface area contributed by atoms with Gasteiger partial charge in [0.05, 0.1) is 13.5 Å². The number of aryl methyl sites for hydroxylation is 1. The smallest absolute Gasteiger partial charge is 0.227 e. The van der Waals surface area contributed by atoms with Crippen molar-refractivity contribution in [2.75, 3.05) is 39.8 Å². The highest BCUT2D eigenvalue weighted by atomic mass is 16.5. The van der Waals surface area contributed by atoms with E-state index >= 15 is 0 Å². The second-order valence-electron chi connectivity index (χ2n) is 5.31. The van der Waals surface area contributed by atoms with Crippen LogP contribution in [0.25, 0.3) is 0 Å². The molecule has 20 heavy (non-hydrogen) atoms. The van der Waals surface area contributed by atoms with Gasteiger partial charge in [0, 0.05) is 31.7 Å². The van der Waals surface area contributed by atoms with E-state index in [0.717, 1.165) is 49.6 Å². The highest BCUT2D eigenvalue weighted by Crippen LogP contribution is 2.21. The molecule has 1 aliphatic rings. The summed E-state index contributed by atoms with van der Waals surface area (Å²) in [5.41, 5.74) is 2.14. The molecule has 0 bridgehead atoms. The van der Waals surface area contributed by atoms with Crippen molar-refractivity contribution in [2.24, 2.45) is 0 Å². The number of carbonyl (C=O) groups is 1. The van der Waals surface area contributed by atoms with Gasteiger partial charge in [-0.25, -0.2) is 0 Å². The number of rotatable bonds is 4. The monoisotopic (exact) mass is 276 g/mol. The fourth-order valence-electron chi connectivity index (χ4n) is 2.63. The molecule has 0 aromatic heterocycles. The van der Waals surface area contributed by atoms with Crippen LogP contribution >= 0.6 is 0 Å². The molecule has 1 saturated heterocycles. The predicted molar refractivity (Wildman–Crippen MR) is 80.1 cm³/mol. The summed E-state index contributed by atoms with van der Waals surface area (Å²) >= 11 is 0.